The number of carbonyl (C=O) groups is 1. The molecule has 0 saturated carbocycles. The topological polar surface area (TPSA) is 42.9 Å². The van der Waals surface area contributed by atoms with Crippen molar-refractivity contribution in [3.63, 3.8) is 0 Å². The van der Waals surface area contributed by atoms with Gasteiger partial charge in [0.15, 0.2) is 0 Å². The minimum Gasteiger partial charge on any atom is -0.458 e. The maximum absolute atomic E-state index is 11.9. The minimum absolute atomic E-state index is 0.241. The third kappa shape index (κ3) is 4.02. The van der Waals surface area contributed by atoms with Crippen molar-refractivity contribution in [1.82, 2.24) is 0 Å². The number of hydrogen-bond acceptors (Lipinski definition) is 2. The summed E-state index contributed by atoms with van der Waals surface area (Å²) in [5.41, 5.74) is 0.937. The van der Waals surface area contributed by atoms with Crippen molar-refractivity contribution >= 4 is 28.6 Å². The summed E-state index contributed by atoms with van der Waals surface area (Å²) >= 11 is 2.10. The van der Waals surface area contributed by atoms with Crippen LogP contribution in [0, 0.1) is 12.5 Å². The summed E-state index contributed by atoms with van der Waals surface area (Å²) in [5, 5.41) is 1.64. The van der Waals surface area contributed by atoms with Crippen LogP contribution in [0.3, 0.4) is 0 Å². The maximum atomic E-state index is 11.9. The van der Waals surface area contributed by atoms with E-state index in [-0.39, 0.29) is 5.97 Å². The van der Waals surface area contributed by atoms with Crippen LogP contribution in [0.5, 0.6) is 0 Å². The molecule has 2 N–H and O–H groups in total. The molecule has 4 heteroatoms. The lowest BCUT2D eigenvalue weighted by Crippen LogP contribution is -2.79. The van der Waals surface area contributed by atoms with Gasteiger partial charge in [0, 0.05) is 0 Å². The molecule has 0 aliphatic carbocycles. The first-order valence-corrected chi connectivity index (χ1v) is 6.36. The predicted molar refractivity (Wildman–Crippen MR) is 74.4 cm³/mol. The van der Waals surface area contributed by atoms with E-state index in [0.29, 0.717) is 13.2 Å². The number of halogens is 1. The third-order valence-corrected chi connectivity index (χ3v) is 3.38. The molecule has 1 unspecified atom stereocenters. The number of nitrogens with two attached hydrogens (primary N) is 1. The fourth-order valence-corrected chi connectivity index (χ4v) is 1.81. The zero-order valence-electron chi connectivity index (χ0n) is 9.65. The van der Waals surface area contributed by atoms with Crippen molar-refractivity contribution in [3.8, 4) is 12.5 Å². The molecule has 3 nitrogen and oxygen atoms in total. The Morgan fingerprint density at radius 2 is 2.18 bits per heavy atom. The molecule has 1 aromatic carbocycles. The quantitative estimate of drug-likeness (QED) is 0.285. The molecule has 0 aromatic heterocycles. The average Bonchev–Trinajstić information content (AvgIpc) is 2.35. The SMILES string of the molecule is C#C[NH2+]CCOC(=O)C(C)(I)c1ccccc1. The molecule has 0 saturated heterocycles. The number of ether oxygens (including phenoxy) is 1. The van der Waals surface area contributed by atoms with Crippen LogP contribution in [0.2, 0.25) is 0 Å². The zero-order chi connectivity index (χ0) is 12.7. The Morgan fingerprint density at radius 3 is 2.76 bits per heavy atom. The van der Waals surface area contributed by atoms with Gasteiger partial charge in [-0.1, -0.05) is 59.3 Å². The first-order chi connectivity index (χ1) is 8.09. The number of hydrogen-bond donors (Lipinski definition) is 1. The van der Waals surface area contributed by atoms with Crippen LogP contribution in [-0.4, -0.2) is 19.1 Å². The average molecular weight is 344 g/mol. The van der Waals surface area contributed by atoms with Crippen LogP contribution in [-0.2, 0) is 13.0 Å². The summed E-state index contributed by atoms with van der Waals surface area (Å²) in [5.74, 6) is -0.241. The molecular formula is C13H15INO2+. The molecule has 0 radical (unpaired) electrons. The van der Waals surface area contributed by atoms with E-state index >= 15 is 0 Å². The van der Waals surface area contributed by atoms with E-state index in [1.165, 1.54) is 0 Å². The van der Waals surface area contributed by atoms with E-state index in [9.17, 15) is 4.79 Å². The van der Waals surface area contributed by atoms with Crippen LogP contribution in [0.25, 0.3) is 0 Å². The molecule has 0 amide bonds. The van der Waals surface area contributed by atoms with Crippen LogP contribution in [0.4, 0.5) is 0 Å². The summed E-state index contributed by atoms with van der Waals surface area (Å²) in [7, 11) is 0. The normalized spacial score (nSPS) is 13.5. The van der Waals surface area contributed by atoms with Gasteiger partial charge in [0.2, 0.25) is 0 Å². The highest BCUT2D eigenvalue weighted by molar-refractivity contribution is 14.1. The molecule has 17 heavy (non-hydrogen) atoms. The third-order valence-electron chi connectivity index (χ3n) is 2.31. The summed E-state index contributed by atoms with van der Waals surface area (Å²) < 4.78 is 4.53. The summed E-state index contributed by atoms with van der Waals surface area (Å²) in [6.07, 6.45) is 5.07. The second-order valence-electron chi connectivity index (χ2n) is 3.66. The van der Waals surface area contributed by atoms with E-state index in [1.54, 1.807) is 5.32 Å². The first kappa shape index (κ1) is 14.0. The summed E-state index contributed by atoms with van der Waals surface area (Å²) in [6.45, 7) is 2.76. The van der Waals surface area contributed by atoms with Gasteiger partial charge in [0.25, 0.3) is 0 Å². The molecule has 1 aromatic rings. The van der Waals surface area contributed by atoms with Crippen molar-refractivity contribution in [2.45, 2.75) is 10.3 Å². The zero-order valence-corrected chi connectivity index (χ0v) is 11.8. The molecule has 0 spiro atoms. The minimum atomic E-state index is -0.658. The molecule has 0 aliphatic heterocycles. The van der Waals surface area contributed by atoms with Crippen molar-refractivity contribution < 1.29 is 14.8 Å². The first-order valence-electron chi connectivity index (χ1n) is 5.28. The smallest absolute Gasteiger partial charge is 0.326 e. The van der Waals surface area contributed by atoms with Gasteiger partial charge in [-0.3, -0.25) is 10.1 Å². The van der Waals surface area contributed by atoms with Crippen LogP contribution in [0.15, 0.2) is 30.3 Å². The van der Waals surface area contributed by atoms with Crippen LogP contribution in [0.1, 0.15) is 12.5 Å². The molecule has 0 bridgehead atoms. The second-order valence-corrected chi connectivity index (χ2v) is 5.82. The predicted octanol–water partition coefficient (Wildman–Crippen LogP) is 1.03. The Labute approximate surface area is 115 Å². The van der Waals surface area contributed by atoms with E-state index < -0.39 is 3.42 Å². The highest BCUT2D eigenvalue weighted by Crippen LogP contribution is 2.32. The molecule has 1 rings (SSSR count). The van der Waals surface area contributed by atoms with Crippen molar-refractivity contribution in [1.29, 1.82) is 0 Å². The number of quaternary nitrogens is 1. The number of benzene rings is 1. The number of carbonyl (C=O) groups excluding carboxylic acids is 1. The lowest BCUT2D eigenvalue weighted by molar-refractivity contribution is -0.568. The molecule has 1 atom stereocenters. The lowest BCUT2D eigenvalue weighted by Gasteiger charge is -2.20. The Morgan fingerprint density at radius 1 is 1.53 bits per heavy atom. The van der Waals surface area contributed by atoms with Gasteiger partial charge < -0.3 is 4.74 Å². The van der Waals surface area contributed by atoms with E-state index in [4.69, 9.17) is 11.2 Å². The van der Waals surface area contributed by atoms with Gasteiger partial charge in [0.1, 0.15) is 22.6 Å². The van der Waals surface area contributed by atoms with Gasteiger partial charge in [-0.2, -0.15) is 0 Å². The summed E-state index contributed by atoms with van der Waals surface area (Å²) in [4.78, 5) is 11.9. The van der Waals surface area contributed by atoms with Gasteiger partial charge in [-0.05, 0) is 12.5 Å². The number of esters is 1. The summed E-state index contributed by atoms with van der Waals surface area (Å²) in [6, 6.07) is 12.0. The fraction of sp³-hybridized carbons (Fsp3) is 0.308. The molecular weight excluding hydrogens is 329 g/mol. The number of terminal acetylenes is 1. The Bertz CT molecular complexity index is 409. The fourth-order valence-electron chi connectivity index (χ4n) is 1.30. The standard InChI is InChI=1S/C13H14INO2/c1-3-15-9-10-17-12(16)13(2,14)11-7-5-4-6-8-11/h1,4-8,15H,9-10H2,2H3/p+1. The molecule has 0 fully saturated rings. The highest BCUT2D eigenvalue weighted by atomic mass is 127. The monoisotopic (exact) mass is 344 g/mol. The molecule has 0 heterocycles. The Hall–Kier alpha value is -1.06. The van der Waals surface area contributed by atoms with Gasteiger partial charge in [-0.15, -0.1) is 0 Å². The van der Waals surface area contributed by atoms with Gasteiger partial charge in [-0.25, -0.2) is 0 Å². The van der Waals surface area contributed by atoms with Crippen molar-refractivity contribution in [2.24, 2.45) is 0 Å². The number of alkyl halides is 1. The largest absolute Gasteiger partial charge is 0.458 e. The van der Waals surface area contributed by atoms with Gasteiger partial charge >= 0.3 is 5.97 Å². The molecule has 0 aliphatic rings. The van der Waals surface area contributed by atoms with Crippen molar-refractivity contribution in [3.05, 3.63) is 35.9 Å². The highest BCUT2D eigenvalue weighted by Gasteiger charge is 2.33. The molecule has 90 valence electrons. The van der Waals surface area contributed by atoms with E-state index in [0.717, 1.165) is 5.56 Å². The number of rotatable bonds is 5. The Balaban J connectivity index is 2.59. The van der Waals surface area contributed by atoms with Gasteiger partial charge in [0.05, 0.1) is 0 Å². The lowest BCUT2D eigenvalue weighted by atomic mass is 10.0. The second kappa shape index (κ2) is 6.62. The van der Waals surface area contributed by atoms with E-state index in [1.807, 2.05) is 37.3 Å². The Kier molecular flexibility index (Phi) is 5.45. The van der Waals surface area contributed by atoms with E-state index in [2.05, 4.69) is 28.6 Å². The maximum Gasteiger partial charge on any atom is 0.326 e. The van der Waals surface area contributed by atoms with Crippen LogP contribution < -0.4 is 5.32 Å². The van der Waals surface area contributed by atoms with Crippen molar-refractivity contribution in [2.75, 3.05) is 13.2 Å². The van der Waals surface area contributed by atoms with Crippen LogP contribution >= 0.6 is 22.6 Å².